The van der Waals surface area contributed by atoms with Crippen molar-refractivity contribution in [2.24, 2.45) is 5.92 Å². The van der Waals surface area contributed by atoms with Crippen LogP contribution in [0.4, 0.5) is 26.3 Å². The Morgan fingerprint density at radius 1 is 1.00 bits per heavy atom. The van der Waals surface area contributed by atoms with Crippen molar-refractivity contribution in [3.05, 3.63) is 94.7 Å². The van der Waals surface area contributed by atoms with E-state index in [-0.39, 0.29) is 29.9 Å². The molecule has 2 heterocycles. The molecule has 0 radical (unpaired) electrons. The van der Waals surface area contributed by atoms with E-state index in [0.717, 1.165) is 11.1 Å². The molecule has 5 nitrogen and oxygen atoms in total. The van der Waals surface area contributed by atoms with Crippen molar-refractivity contribution in [3.8, 4) is 0 Å². The molecule has 2 aliphatic rings. The Hall–Kier alpha value is -3.15. The van der Waals surface area contributed by atoms with Crippen molar-refractivity contribution in [3.63, 3.8) is 0 Å². The number of alkyl halides is 6. The summed E-state index contributed by atoms with van der Waals surface area (Å²) in [6.07, 6.45) is -2.57. The fourth-order valence-electron chi connectivity index (χ4n) is 5.25. The summed E-state index contributed by atoms with van der Waals surface area (Å²) in [5, 5.41) is 22.9. The molecule has 1 saturated heterocycles. The van der Waals surface area contributed by atoms with Gasteiger partial charge < -0.3 is 25.5 Å². The molecule has 0 spiro atoms. The standard InChI is InChI=1S/C30H33F6N3O2/c31-29(32,33)24-16-21(17-25(18-24)30(34,35)36)19-41-20-27(37)26(22-6-11-38-12-7-22)8-13-39-14-9-28(40,10-15-39)23-4-2-1-3-5-23/h1-7,11,16-18,26,37-38,40H,8-10,12-15,19-20H2. The third-order valence-corrected chi connectivity index (χ3v) is 7.57. The SMILES string of the molecule is N=C(COCc1cc(C(F)(F)F)cc(C(F)(F)F)c1)C(CCN1CCC(O)(c2ccccc2)CC1)C1=CCNC=C1. The average molecular weight is 582 g/mol. The number of ether oxygens (including phenoxy) is 1. The Morgan fingerprint density at radius 3 is 2.20 bits per heavy atom. The normalized spacial score (nSPS) is 18.5. The molecule has 0 saturated carbocycles. The van der Waals surface area contributed by atoms with Gasteiger partial charge in [-0.15, -0.1) is 0 Å². The highest BCUT2D eigenvalue weighted by molar-refractivity contribution is 5.88. The van der Waals surface area contributed by atoms with Crippen LogP contribution in [-0.4, -0.2) is 48.5 Å². The smallest absolute Gasteiger partial charge is 0.387 e. The summed E-state index contributed by atoms with van der Waals surface area (Å²) in [5.41, 5.74) is -1.97. The van der Waals surface area contributed by atoms with Crippen molar-refractivity contribution >= 4 is 5.71 Å². The van der Waals surface area contributed by atoms with Crippen LogP contribution in [0.3, 0.4) is 0 Å². The highest BCUT2D eigenvalue weighted by Gasteiger charge is 2.37. The van der Waals surface area contributed by atoms with E-state index in [0.29, 0.717) is 57.6 Å². The topological polar surface area (TPSA) is 68.6 Å². The third kappa shape index (κ3) is 8.21. The second-order valence-corrected chi connectivity index (χ2v) is 10.5. The summed E-state index contributed by atoms with van der Waals surface area (Å²) in [6, 6.07) is 10.9. The number of piperidine rings is 1. The predicted octanol–water partition coefficient (Wildman–Crippen LogP) is 6.29. The lowest BCUT2D eigenvalue weighted by Gasteiger charge is -2.39. The van der Waals surface area contributed by atoms with Gasteiger partial charge in [0.2, 0.25) is 0 Å². The van der Waals surface area contributed by atoms with Gasteiger partial charge in [0.15, 0.2) is 0 Å². The summed E-state index contributed by atoms with van der Waals surface area (Å²) < 4.78 is 84.6. The van der Waals surface area contributed by atoms with Gasteiger partial charge in [-0.05, 0) is 73.0 Å². The first-order valence-electron chi connectivity index (χ1n) is 13.4. The maximum absolute atomic E-state index is 13.2. The van der Waals surface area contributed by atoms with Crippen molar-refractivity contribution in [2.75, 3.05) is 32.8 Å². The number of nitrogens with zero attached hydrogens (tertiary/aromatic N) is 1. The van der Waals surface area contributed by atoms with Gasteiger partial charge in [0.05, 0.1) is 29.9 Å². The summed E-state index contributed by atoms with van der Waals surface area (Å²) >= 11 is 0. The molecule has 11 heteroatoms. The van der Waals surface area contributed by atoms with Crippen LogP contribution in [0.5, 0.6) is 0 Å². The Morgan fingerprint density at radius 2 is 1.63 bits per heavy atom. The molecule has 222 valence electrons. The number of dihydropyridines is 1. The number of hydrogen-bond acceptors (Lipinski definition) is 5. The summed E-state index contributed by atoms with van der Waals surface area (Å²) in [4.78, 5) is 2.23. The van der Waals surface area contributed by atoms with Gasteiger partial charge in [0, 0.05) is 31.3 Å². The molecule has 0 amide bonds. The Kier molecular flexibility index (Phi) is 9.61. The van der Waals surface area contributed by atoms with Crippen molar-refractivity contribution in [2.45, 2.75) is 43.8 Å². The fraction of sp³-hybridized carbons (Fsp3) is 0.433. The monoisotopic (exact) mass is 581 g/mol. The minimum Gasteiger partial charge on any atom is -0.387 e. The number of rotatable bonds is 10. The van der Waals surface area contributed by atoms with Crippen LogP contribution in [-0.2, 0) is 29.3 Å². The van der Waals surface area contributed by atoms with Gasteiger partial charge in [-0.1, -0.05) is 36.4 Å². The number of likely N-dealkylation sites (tertiary alicyclic amines) is 1. The number of nitrogens with one attached hydrogen (secondary N) is 2. The maximum Gasteiger partial charge on any atom is 0.416 e. The average Bonchev–Trinajstić information content (AvgIpc) is 2.94. The van der Waals surface area contributed by atoms with Crippen LogP contribution in [0, 0.1) is 11.3 Å². The number of hydrogen-bond donors (Lipinski definition) is 3. The van der Waals surface area contributed by atoms with Gasteiger partial charge in [0.25, 0.3) is 0 Å². The number of allylic oxidation sites excluding steroid dienone is 2. The van der Waals surface area contributed by atoms with E-state index in [2.05, 4.69) is 10.2 Å². The summed E-state index contributed by atoms with van der Waals surface area (Å²) in [5.74, 6) is -0.337. The number of benzene rings is 2. The molecule has 3 N–H and O–H groups in total. The summed E-state index contributed by atoms with van der Waals surface area (Å²) in [7, 11) is 0. The molecular weight excluding hydrogens is 548 g/mol. The first kappa shape index (κ1) is 30.8. The van der Waals surface area contributed by atoms with Crippen LogP contribution < -0.4 is 5.32 Å². The first-order valence-corrected chi connectivity index (χ1v) is 13.4. The van der Waals surface area contributed by atoms with Gasteiger partial charge in [0.1, 0.15) is 0 Å². The number of aliphatic hydroxyl groups is 1. The lowest BCUT2D eigenvalue weighted by molar-refractivity contribution is -0.143. The van der Waals surface area contributed by atoms with Crippen molar-refractivity contribution in [1.29, 1.82) is 5.41 Å². The molecule has 4 rings (SSSR count). The Balaban J connectivity index is 1.37. The molecular formula is C30H33F6N3O2. The molecule has 2 aromatic carbocycles. The zero-order valence-corrected chi connectivity index (χ0v) is 22.4. The maximum atomic E-state index is 13.2. The third-order valence-electron chi connectivity index (χ3n) is 7.57. The first-order chi connectivity index (χ1) is 19.3. The quantitative estimate of drug-likeness (QED) is 0.228. The predicted molar refractivity (Wildman–Crippen MR) is 143 cm³/mol. The van der Waals surface area contributed by atoms with Crippen LogP contribution in [0.2, 0.25) is 0 Å². The van der Waals surface area contributed by atoms with Crippen LogP contribution >= 0.6 is 0 Å². The highest BCUT2D eigenvalue weighted by atomic mass is 19.4. The molecule has 1 fully saturated rings. The van der Waals surface area contributed by atoms with E-state index in [1.165, 1.54) is 0 Å². The lowest BCUT2D eigenvalue weighted by atomic mass is 9.84. The molecule has 41 heavy (non-hydrogen) atoms. The molecule has 0 aliphatic carbocycles. The van der Waals surface area contributed by atoms with E-state index >= 15 is 0 Å². The van der Waals surface area contributed by atoms with Gasteiger partial charge in [-0.25, -0.2) is 0 Å². The molecule has 2 aromatic rings. The molecule has 0 aromatic heterocycles. The second-order valence-electron chi connectivity index (χ2n) is 10.5. The number of halogens is 6. The Labute approximate surface area is 235 Å². The van der Waals surface area contributed by atoms with E-state index in [1.54, 1.807) is 6.20 Å². The van der Waals surface area contributed by atoms with Gasteiger partial charge in [-0.3, -0.25) is 0 Å². The Bertz CT molecular complexity index is 1220. The van der Waals surface area contributed by atoms with E-state index in [4.69, 9.17) is 10.1 Å². The highest BCUT2D eigenvalue weighted by Crippen LogP contribution is 2.37. The largest absolute Gasteiger partial charge is 0.416 e. The van der Waals surface area contributed by atoms with Crippen molar-refractivity contribution < 1.29 is 36.2 Å². The summed E-state index contributed by atoms with van der Waals surface area (Å²) in [6.45, 7) is 1.84. The zero-order valence-electron chi connectivity index (χ0n) is 22.4. The van der Waals surface area contributed by atoms with Crippen LogP contribution in [0.25, 0.3) is 0 Å². The molecule has 1 atom stereocenters. The molecule has 0 bridgehead atoms. The fourth-order valence-corrected chi connectivity index (χ4v) is 5.25. The van der Waals surface area contributed by atoms with E-state index in [9.17, 15) is 31.4 Å². The van der Waals surface area contributed by atoms with Gasteiger partial charge in [-0.2, -0.15) is 26.3 Å². The van der Waals surface area contributed by atoms with E-state index in [1.807, 2.05) is 42.5 Å². The van der Waals surface area contributed by atoms with Crippen LogP contribution in [0.15, 0.2) is 72.5 Å². The minimum absolute atomic E-state index is 0.0821. The van der Waals surface area contributed by atoms with E-state index < -0.39 is 35.7 Å². The second kappa shape index (κ2) is 12.8. The van der Waals surface area contributed by atoms with Crippen LogP contribution in [0.1, 0.15) is 41.5 Å². The van der Waals surface area contributed by atoms with Crippen molar-refractivity contribution in [1.82, 2.24) is 10.2 Å². The lowest BCUT2D eigenvalue weighted by Crippen LogP contribution is -2.43. The molecule has 2 aliphatic heterocycles. The minimum atomic E-state index is -4.94. The molecule has 1 unspecified atom stereocenters. The van der Waals surface area contributed by atoms with Gasteiger partial charge >= 0.3 is 12.4 Å². The zero-order chi connectivity index (χ0) is 29.7.